The van der Waals surface area contributed by atoms with E-state index in [-0.39, 0.29) is 6.03 Å². The van der Waals surface area contributed by atoms with E-state index in [0.29, 0.717) is 19.0 Å². The number of hydrogen-bond acceptors (Lipinski definition) is 3. The first-order valence-corrected chi connectivity index (χ1v) is 7.32. The number of urea groups is 1. The number of nitrogens with zero attached hydrogens (tertiary/aromatic N) is 1. The number of aromatic nitrogens is 1. The average molecular weight is 299 g/mol. The standard InChI is InChI=1S/C17H21N3O2/c1-13-7-3-4-9-15(13)22-12-6-11-18-17(21)20-16-10-5-8-14(2)19-16/h3-5,7-10H,6,11-12H2,1-2H3,(H2,18,19,20,21). The molecular weight excluding hydrogens is 278 g/mol. The van der Waals surface area contributed by atoms with Crippen LogP contribution < -0.4 is 15.4 Å². The molecule has 5 nitrogen and oxygen atoms in total. The van der Waals surface area contributed by atoms with E-state index in [1.165, 1.54) is 0 Å². The van der Waals surface area contributed by atoms with Crippen molar-refractivity contribution in [2.45, 2.75) is 20.3 Å². The molecule has 0 aliphatic heterocycles. The van der Waals surface area contributed by atoms with Crippen LogP contribution in [-0.4, -0.2) is 24.2 Å². The van der Waals surface area contributed by atoms with E-state index in [9.17, 15) is 4.79 Å². The Kier molecular flexibility index (Phi) is 5.77. The number of amides is 2. The molecule has 22 heavy (non-hydrogen) atoms. The van der Waals surface area contributed by atoms with Crippen LogP contribution in [0.15, 0.2) is 42.5 Å². The van der Waals surface area contributed by atoms with Crippen LogP contribution in [0.3, 0.4) is 0 Å². The van der Waals surface area contributed by atoms with Gasteiger partial charge in [-0.25, -0.2) is 9.78 Å². The normalized spacial score (nSPS) is 10.1. The van der Waals surface area contributed by atoms with Gasteiger partial charge in [-0.05, 0) is 44.0 Å². The van der Waals surface area contributed by atoms with E-state index in [0.717, 1.165) is 23.4 Å². The van der Waals surface area contributed by atoms with Crippen LogP contribution >= 0.6 is 0 Å². The van der Waals surface area contributed by atoms with Gasteiger partial charge >= 0.3 is 6.03 Å². The molecule has 0 unspecified atom stereocenters. The molecule has 0 bridgehead atoms. The zero-order valence-electron chi connectivity index (χ0n) is 12.9. The van der Waals surface area contributed by atoms with Crippen molar-refractivity contribution in [2.75, 3.05) is 18.5 Å². The smallest absolute Gasteiger partial charge is 0.320 e. The van der Waals surface area contributed by atoms with E-state index < -0.39 is 0 Å². The zero-order chi connectivity index (χ0) is 15.8. The molecule has 2 aromatic rings. The van der Waals surface area contributed by atoms with Gasteiger partial charge in [-0.1, -0.05) is 24.3 Å². The molecule has 0 fully saturated rings. The molecule has 1 aromatic heterocycles. The Morgan fingerprint density at radius 1 is 1.14 bits per heavy atom. The minimum Gasteiger partial charge on any atom is -0.493 e. The Balaban J connectivity index is 1.64. The van der Waals surface area contributed by atoms with Gasteiger partial charge in [0.15, 0.2) is 0 Å². The molecule has 0 saturated heterocycles. The number of hydrogen-bond donors (Lipinski definition) is 2. The lowest BCUT2D eigenvalue weighted by Crippen LogP contribution is -2.30. The molecule has 0 aliphatic carbocycles. The van der Waals surface area contributed by atoms with Crippen molar-refractivity contribution in [1.82, 2.24) is 10.3 Å². The lowest BCUT2D eigenvalue weighted by molar-refractivity contribution is 0.250. The molecule has 1 aromatic carbocycles. The molecule has 116 valence electrons. The molecule has 0 spiro atoms. The SMILES string of the molecule is Cc1cccc(NC(=O)NCCCOc2ccccc2C)n1. The third-order valence-corrected chi connectivity index (χ3v) is 3.09. The van der Waals surface area contributed by atoms with E-state index in [1.54, 1.807) is 6.07 Å². The lowest BCUT2D eigenvalue weighted by atomic mass is 10.2. The van der Waals surface area contributed by atoms with Crippen LogP contribution in [0.4, 0.5) is 10.6 Å². The number of carbonyl (C=O) groups excluding carboxylic acids is 1. The first-order valence-electron chi connectivity index (χ1n) is 7.32. The summed E-state index contributed by atoms with van der Waals surface area (Å²) in [7, 11) is 0. The fourth-order valence-corrected chi connectivity index (χ4v) is 1.95. The minimum absolute atomic E-state index is 0.256. The number of rotatable bonds is 6. The molecule has 5 heteroatoms. The van der Waals surface area contributed by atoms with Crippen molar-refractivity contribution in [2.24, 2.45) is 0 Å². The second-order valence-electron chi connectivity index (χ2n) is 5.01. The van der Waals surface area contributed by atoms with Crippen molar-refractivity contribution in [1.29, 1.82) is 0 Å². The lowest BCUT2D eigenvalue weighted by Gasteiger charge is -2.10. The maximum absolute atomic E-state index is 11.7. The number of aryl methyl sites for hydroxylation is 2. The minimum atomic E-state index is -0.256. The monoisotopic (exact) mass is 299 g/mol. The van der Waals surface area contributed by atoms with Crippen molar-refractivity contribution in [3.8, 4) is 5.75 Å². The fourth-order valence-electron chi connectivity index (χ4n) is 1.95. The van der Waals surface area contributed by atoms with E-state index in [4.69, 9.17) is 4.74 Å². The van der Waals surface area contributed by atoms with E-state index in [1.807, 2.05) is 50.2 Å². The summed E-state index contributed by atoms with van der Waals surface area (Å²) in [5.41, 5.74) is 1.98. The summed E-state index contributed by atoms with van der Waals surface area (Å²) < 4.78 is 5.67. The number of anilines is 1. The first kappa shape index (κ1) is 15.8. The molecule has 2 N–H and O–H groups in total. The van der Waals surface area contributed by atoms with Gasteiger partial charge in [-0.2, -0.15) is 0 Å². The molecule has 2 amide bonds. The number of ether oxygens (including phenoxy) is 1. The third kappa shape index (κ3) is 5.09. The van der Waals surface area contributed by atoms with Gasteiger partial charge in [0.2, 0.25) is 0 Å². The van der Waals surface area contributed by atoms with Crippen LogP contribution in [0, 0.1) is 13.8 Å². The maximum atomic E-state index is 11.7. The number of carbonyl (C=O) groups is 1. The first-order chi connectivity index (χ1) is 10.6. The predicted octanol–water partition coefficient (Wildman–Crippen LogP) is 3.29. The van der Waals surface area contributed by atoms with Crippen molar-refractivity contribution in [3.05, 3.63) is 53.7 Å². The van der Waals surface area contributed by atoms with Gasteiger partial charge in [0, 0.05) is 12.2 Å². The Labute approximate surface area is 130 Å². The highest BCUT2D eigenvalue weighted by Crippen LogP contribution is 2.15. The summed E-state index contributed by atoms with van der Waals surface area (Å²) in [6, 6.07) is 13.1. The van der Waals surface area contributed by atoms with Gasteiger partial charge in [0.25, 0.3) is 0 Å². The number of para-hydroxylation sites is 1. The highest BCUT2D eigenvalue weighted by Gasteiger charge is 2.02. The third-order valence-electron chi connectivity index (χ3n) is 3.09. The molecule has 2 rings (SSSR count). The van der Waals surface area contributed by atoms with Crippen LogP contribution in [0.25, 0.3) is 0 Å². The van der Waals surface area contributed by atoms with Crippen LogP contribution in [0.2, 0.25) is 0 Å². The molecule has 0 radical (unpaired) electrons. The zero-order valence-corrected chi connectivity index (χ0v) is 12.9. The summed E-state index contributed by atoms with van der Waals surface area (Å²) in [5.74, 6) is 1.43. The van der Waals surface area contributed by atoms with Crippen LogP contribution in [0.1, 0.15) is 17.7 Å². The second kappa shape index (κ2) is 8.02. The Bertz CT molecular complexity index is 629. The van der Waals surface area contributed by atoms with Crippen molar-refractivity contribution in [3.63, 3.8) is 0 Å². The summed E-state index contributed by atoms with van der Waals surface area (Å²) >= 11 is 0. The molecule has 0 aliphatic rings. The predicted molar refractivity (Wildman–Crippen MR) is 87.3 cm³/mol. The molecule has 0 saturated carbocycles. The van der Waals surface area contributed by atoms with Gasteiger partial charge in [0.1, 0.15) is 11.6 Å². The summed E-state index contributed by atoms with van der Waals surface area (Å²) in [6.07, 6.45) is 0.739. The number of pyridine rings is 1. The Morgan fingerprint density at radius 2 is 1.95 bits per heavy atom. The Morgan fingerprint density at radius 3 is 2.73 bits per heavy atom. The molecular formula is C17H21N3O2. The van der Waals surface area contributed by atoms with Gasteiger partial charge < -0.3 is 10.1 Å². The summed E-state index contributed by atoms with van der Waals surface area (Å²) in [5, 5.41) is 5.48. The van der Waals surface area contributed by atoms with Gasteiger partial charge in [0.05, 0.1) is 6.61 Å². The van der Waals surface area contributed by atoms with Crippen molar-refractivity contribution >= 4 is 11.8 Å². The van der Waals surface area contributed by atoms with Crippen LogP contribution in [-0.2, 0) is 0 Å². The molecule has 1 heterocycles. The quantitative estimate of drug-likeness (QED) is 0.805. The topological polar surface area (TPSA) is 63.2 Å². The Hall–Kier alpha value is -2.56. The average Bonchev–Trinajstić information content (AvgIpc) is 2.48. The molecule has 0 atom stereocenters. The highest BCUT2D eigenvalue weighted by atomic mass is 16.5. The van der Waals surface area contributed by atoms with Crippen LogP contribution in [0.5, 0.6) is 5.75 Å². The van der Waals surface area contributed by atoms with E-state index >= 15 is 0 Å². The highest BCUT2D eigenvalue weighted by molar-refractivity contribution is 5.88. The maximum Gasteiger partial charge on any atom is 0.320 e. The van der Waals surface area contributed by atoms with Crippen molar-refractivity contribution < 1.29 is 9.53 Å². The second-order valence-corrected chi connectivity index (χ2v) is 5.01. The largest absolute Gasteiger partial charge is 0.493 e. The van der Waals surface area contributed by atoms with E-state index in [2.05, 4.69) is 15.6 Å². The number of benzene rings is 1. The van der Waals surface area contributed by atoms with Gasteiger partial charge in [-0.3, -0.25) is 5.32 Å². The fraction of sp³-hybridized carbons (Fsp3) is 0.294. The summed E-state index contributed by atoms with van der Waals surface area (Å²) in [6.45, 7) is 5.00. The number of nitrogens with one attached hydrogen (secondary N) is 2. The summed E-state index contributed by atoms with van der Waals surface area (Å²) in [4.78, 5) is 15.9. The van der Waals surface area contributed by atoms with Gasteiger partial charge in [-0.15, -0.1) is 0 Å².